The highest BCUT2D eigenvalue weighted by Crippen LogP contribution is 2.24. The number of ether oxygens (including phenoxy) is 2. The Morgan fingerprint density at radius 3 is 2.71 bits per heavy atom. The summed E-state index contributed by atoms with van der Waals surface area (Å²) in [4.78, 5) is 12.8. The van der Waals surface area contributed by atoms with Crippen LogP contribution in [0.2, 0.25) is 5.02 Å². The minimum atomic E-state index is -0.178. The van der Waals surface area contributed by atoms with E-state index in [4.69, 9.17) is 21.1 Å². The minimum absolute atomic E-state index is 0.178. The molecule has 0 spiro atoms. The Bertz CT molecular complexity index is 1240. The lowest BCUT2D eigenvalue weighted by Gasteiger charge is -2.12. The summed E-state index contributed by atoms with van der Waals surface area (Å²) >= 11 is 6.10. The summed E-state index contributed by atoms with van der Waals surface area (Å²) in [7, 11) is 3.20. The lowest BCUT2D eigenvalue weighted by molar-refractivity contribution is 0.0950. The van der Waals surface area contributed by atoms with Gasteiger partial charge in [-0.3, -0.25) is 9.48 Å². The van der Waals surface area contributed by atoms with E-state index in [9.17, 15) is 4.79 Å². The number of hydrogen-bond donors (Lipinski definition) is 1. The van der Waals surface area contributed by atoms with Gasteiger partial charge in [0.05, 0.1) is 32.5 Å². The summed E-state index contributed by atoms with van der Waals surface area (Å²) in [5.74, 6) is 1.22. The van der Waals surface area contributed by atoms with E-state index < -0.39 is 0 Å². The van der Waals surface area contributed by atoms with Gasteiger partial charge in [-0.25, -0.2) is 0 Å². The number of nitrogens with zero attached hydrogens (tertiary/aromatic N) is 2. The molecule has 0 aliphatic heterocycles. The topological polar surface area (TPSA) is 65.4 Å². The number of methoxy groups -OCH3 is 2. The molecule has 6 nitrogen and oxygen atoms in total. The van der Waals surface area contributed by atoms with Crippen molar-refractivity contribution >= 4 is 28.4 Å². The van der Waals surface area contributed by atoms with E-state index in [2.05, 4.69) is 10.4 Å². The molecule has 0 radical (unpaired) electrons. The first-order valence-electron chi connectivity index (χ1n) is 9.76. The molecular formula is C24H22ClN3O3. The normalized spacial score (nSPS) is 10.8. The lowest BCUT2D eigenvalue weighted by Crippen LogP contribution is -2.23. The van der Waals surface area contributed by atoms with E-state index in [0.29, 0.717) is 35.2 Å². The Kier molecular flexibility index (Phi) is 6.09. The largest absolute Gasteiger partial charge is 0.497 e. The first-order valence-corrected chi connectivity index (χ1v) is 10.1. The zero-order valence-corrected chi connectivity index (χ0v) is 18.0. The highest BCUT2D eigenvalue weighted by Gasteiger charge is 2.12. The molecule has 0 saturated carbocycles. The number of benzene rings is 3. The van der Waals surface area contributed by atoms with E-state index in [-0.39, 0.29) is 5.91 Å². The Hall–Kier alpha value is -3.51. The fourth-order valence-electron chi connectivity index (χ4n) is 3.44. The molecule has 0 aliphatic rings. The van der Waals surface area contributed by atoms with Crippen molar-refractivity contribution in [2.24, 2.45) is 0 Å². The van der Waals surface area contributed by atoms with Crippen LogP contribution in [0.4, 0.5) is 0 Å². The van der Waals surface area contributed by atoms with Gasteiger partial charge in [0.15, 0.2) is 0 Å². The fraction of sp³-hybridized carbons (Fsp3) is 0.167. The molecule has 158 valence electrons. The van der Waals surface area contributed by atoms with Gasteiger partial charge in [-0.15, -0.1) is 0 Å². The maximum Gasteiger partial charge on any atom is 0.251 e. The summed E-state index contributed by atoms with van der Waals surface area (Å²) in [6.07, 6.45) is 1.79. The van der Waals surface area contributed by atoms with Crippen LogP contribution in [0.15, 0.2) is 66.9 Å². The number of carbonyl (C=O) groups excluding carboxylic acids is 1. The zero-order chi connectivity index (χ0) is 21.8. The van der Waals surface area contributed by atoms with Crippen molar-refractivity contribution in [3.05, 3.63) is 88.6 Å². The van der Waals surface area contributed by atoms with Crippen molar-refractivity contribution < 1.29 is 14.3 Å². The quantitative estimate of drug-likeness (QED) is 0.457. The second-order valence-corrected chi connectivity index (χ2v) is 7.50. The predicted octanol–water partition coefficient (Wildman–Crippen LogP) is 4.69. The molecule has 31 heavy (non-hydrogen) atoms. The van der Waals surface area contributed by atoms with Crippen LogP contribution < -0.4 is 14.8 Å². The summed E-state index contributed by atoms with van der Waals surface area (Å²) < 4.78 is 12.5. The molecule has 4 rings (SSSR count). The van der Waals surface area contributed by atoms with Crippen LogP contribution in [0, 0.1) is 0 Å². The summed E-state index contributed by atoms with van der Waals surface area (Å²) in [6.45, 7) is 0.884. The molecule has 7 heteroatoms. The highest BCUT2D eigenvalue weighted by atomic mass is 35.5. The number of hydrogen-bond acceptors (Lipinski definition) is 4. The maximum atomic E-state index is 12.8. The Balaban J connectivity index is 1.54. The third-order valence-corrected chi connectivity index (χ3v) is 5.29. The molecule has 0 aliphatic carbocycles. The molecule has 0 bridgehead atoms. The zero-order valence-electron chi connectivity index (χ0n) is 17.3. The van der Waals surface area contributed by atoms with E-state index in [1.165, 1.54) is 0 Å². The van der Waals surface area contributed by atoms with Gasteiger partial charge >= 0.3 is 0 Å². The molecule has 0 fully saturated rings. The number of halogens is 1. The van der Waals surface area contributed by atoms with Gasteiger partial charge in [-0.1, -0.05) is 29.8 Å². The van der Waals surface area contributed by atoms with Gasteiger partial charge in [0.2, 0.25) is 0 Å². The van der Waals surface area contributed by atoms with E-state index in [0.717, 1.165) is 22.0 Å². The van der Waals surface area contributed by atoms with Gasteiger partial charge in [-0.2, -0.15) is 5.10 Å². The summed E-state index contributed by atoms with van der Waals surface area (Å²) in [6, 6.07) is 18.7. The first kappa shape index (κ1) is 20.8. The summed E-state index contributed by atoms with van der Waals surface area (Å²) in [5.41, 5.74) is 3.31. The number of amides is 1. The minimum Gasteiger partial charge on any atom is -0.497 e. The number of carbonyl (C=O) groups is 1. The van der Waals surface area contributed by atoms with Crippen LogP contribution in [0.25, 0.3) is 10.9 Å². The maximum absolute atomic E-state index is 12.8. The smallest absolute Gasteiger partial charge is 0.251 e. The molecule has 0 unspecified atom stereocenters. The van der Waals surface area contributed by atoms with Crippen molar-refractivity contribution in [3.63, 3.8) is 0 Å². The van der Waals surface area contributed by atoms with E-state index >= 15 is 0 Å². The van der Waals surface area contributed by atoms with Crippen molar-refractivity contribution in [1.29, 1.82) is 0 Å². The van der Waals surface area contributed by atoms with Gasteiger partial charge < -0.3 is 14.8 Å². The molecule has 4 aromatic rings. The molecule has 0 saturated heterocycles. The van der Waals surface area contributed by atoms with Crippen LogP contribution in [0.3, 0.4) is 0 Å². The van der Waals surface area contributed by atoms with Crippen molar-refractivity contribution in [1.82, 2.24) is 15.1 Å². The third-order valence-electron chi connectivity index (χ3n) is 5.06. The van der Waals surface area contributed by atoms with Crippen molar-refractivity contribution in [2.45, 2.75) is 13.1 Å². The average Bonchev–Trinajstić information content (AvgIpc) is 3.19. The van der Waals surface area contributed by atoms with Crippen molar-refractivity contribution in [2.75, 3.05) is 14.2 Å². The molecule has 1 aromatic heterocycles. The standard InChI is InChI=1S/C24H22ClN3O3/c1-30-21-8-9-23(31-2)19(11-21)13-26-24(29)17-6-7-18-14-27-28(22(18)12-17)15-16-4-3-5-20(25)10-16/h3-12,14H,13,15H2,1-2H3,(H,26,29). The second-order valence-electron chi connectivity index (χ2n) is 7.07. The molecule has 3 aromatic carbocycles. The number of rotatable bonds is 7. The molecule has 0 atom stereocenters. The van der Waals surface area contributed by atoms with E-state index in [1.54, 1.807) is 26.5 Å². The Morgan fingerprint density at radius 1 is 1.06 bits per heavy atom. The number of fused-ring (bicyclic) bond motifs is 1. The molecule has 1 amide bonds. The summed E-state index contributed by atoms with van der Waals surface area (Å²) in [5, 5.41) is 9.07. The SMILES string of the molecule is COc1ccc(OC)c(CNC(=O)c2ccc3cnn(Cc4cccc(Cl)c4)c3c2)c1. The van der Waals surface area contributed by atoms with Gasteiger partial charge in [0.1, 0.15) is 11.5 Å². The van der Waals surface area contributed by atoms with Crippen LogP contribution >= 0.6 is 11.6 Å². The Labute approximate surface area is 185 Å². The molecule has 1 N–H and O–H groups in total. The molecular weight excluding hydrogens is 414 g/mol. The first-order chi connectivity index (χ1) is 15.1. The number of aromatic nitrogens is 2. The van der Waals surface area contributed by atoms with Gasteiger partial charge in [0.25, 0.3) is 5.91 Å². The van der Waals surface area contributed by atoms with Crippen LogP contribution in [0.1, 0.15) is 21.5 Å². The van der Waals surface area contributed by atoms with E-state index in [1.807, 2.05) is 59.3 Å². The predicted molar refractivity (Wildman–Crippen MR) is 121 cm³/mol. The van der Waals surface area contributed by atoms with Crippen molar-refractivity contribution in [3.8, 4) is 11.5 Å². The van der Waals surface area contributed by atoms with Crippen LogP contribution in [0.5, 0.6) is 11.5 Å². The highest BCUT2D eigenvalue weighted by molar-refractivity contribution is 6.30. The van der Waals surface area contributed by atoms with Crippen LogP contribution in [-0.4, -0.2) is 29.9 Å². The second kappa shape index (κ2) is 9.10. The lowest BCUT2D eigenvalue weighted by atomic mass is 10.1. The number of nitrogens with one attached hydrogen (secondary N) is 1. The van der Waals surface area contributed by atoms with Gasteiger partial charge in [0, 0.05) is 28.1 Å². The average molecular weight is 436 g/mol. The van der Waals surface area contributed by atoms with Gasteiger partial charge in [-0.05, 0) is 48.0 Å². The molecule has 1 heterocycles. The fourth-order valence-corrected chi connectivity index (χ4v) is 3.66. The Morgan fingerprint density at radius 2 is 1.94 bits per heavy atom. The monoisotopic (exact) mass is 435 g/mol. The van der Waals surface area contributed by atoms with Crippen LogP contribution in [-0.2, 0) is 13.1 Å². The third kappa shape index (κ3) is 4.64.